The summed E-state index contributed by atoms with van der Waals surface area (Å²) in [6.07, 6.45) is 1.21. The first-order valence-electron chi connectivity index (χ1n) is 4.74. The van der Waals surface area contributed by atoms with E-state index in [2.05, 4.69) is 21.2 Å². The van der Waals surface area contributed by atoms with E-state index >= 15 is 0 Å². The molecule has 0 bridgehead atoms. The molecule has 6 heteroatoms. The van der Waals surface area contributed by atoms with E-state index in [1.54, 1.807) is 18.2 Å². The minimum atomic E-state index is -2.92. The maximum atomic E-state index is 10.9. The Hall–Kier alpha value is -0.590. The van der Waals surface area contributed by atoms with Crippen LogP contribution in [0.3, 0.4) is 0 Å². The second kappa shape index (κ2) is 5.65. The molecule has 0 radical (unpaired) electrons. The van der Waals surface area contributed by atoms with Crippen molar-refractivity contribution < 1.29 is 13.5 Å². The summed E-state index contributed by atoms with van der Waals surface area (Å²) in [4.78, 5) is 0. The van der Waals surface area contributed by atoms with Crippen molar-refractivity contribution in [3.63, 3.8) is 0 Å². The van der Waals surface area contributed by atoms with Crippen molar-refractivity contribution in [2.75, 3.05) is 18.6 Å². The number of phenolic OH excluding ortho intramolecular Hbond substituents is 1. The van der Waals surface area contributed by atoms with Crippen molar-refractivity contribution in [3.05, 3.63) is 28.2 Å². The van der Waals surface area contributed by atoms with Crippen LogP contribution in [0.2, 0.25) is 0 Å². The van der Waals surface area contributed by atoms with Crippen molar-refractivity contribution in [1.82, 2.24) is 5.32 Å². The van der Waals surface area contributed by atoms with Crippen LogP contribution < -0.4 is 5.32 Å². The number of rotatable bonds is 5. The molecule has 0 atom stereocenters. The zero-order valence-corrected chi connectivity index (χ0v) is 11.3. The second-order valence-corrected chi connectivity index (χ2v) is 6.70. The Morgan fingerprint density at radius 1 is 1.44 bits per heavy atom. The smallest absolute Gasteiger partial charge is 0.148 e. The average molecular weight is 308 g/mol. The molecular formula is C10H14BrNO3S. The van der Waals surface area contributed by atoms with Gasteiger partial charge in [0.05, 0.1) is 5.75 Å². The highest BCUT2D eigenvalue weighted by Crippen LogP contribution is 2.21. The molecule has 1 rings (SSSR count). The fourth-order valence-electron chi connectivity index (χ4n) is 1.18. The van der Waals surface area contributed by atoms with E-state index in [1.807, 2.05) is 0 Å². The fraction of sp³-hybridized carbons (Fsp3) is 0.400. The van der Waals surface area contributed by atoms with Gasteiger partial charge >= 0.3 is 0 Å². The van der Waals surface area contributed by atoms with E-state index < -0.39 is 9.84 Å². The topological polar surface area (TPSA) is 66.4 Å². The maximum Gasteiger partial charge on any atom is 0.148 e. The third-order valence-corrected chi connectivity index (χ3v) is 3.71. The Labute approximate surface area is 104 Å². The lowest BCUT2D eigenvalue weighted by Gasteiger charge is -2.06. The summed E-state index contributed by atoms with van der Waals surface area (Å²) in [5.74, 6) is 0.312. The number of nitrogens with one attached hydrogen (secondary N) is 1. The molecule has 0 aliphatic heterocycles. The molecule has 1 aromatic rings. The standard InChI is InChI=1S/C10H14BrNO3S/c1-16(14,15)5-4-12-7-8-6-9(13)2-3-10(8)11/h2-3,6,12-13H,4-5,7H2,1H3. The number of sulfone groups is 1. The molecule has 0 heterocycles. The first-order valence-corrected chi connectivity index (χ1v) is 7.60. The van der Waals surface area contributed by atoms with Gasteiger partial charge in [0.1, 0.15) is 15.6 Å². The van der Waals surface area contributed by atoms with Crippen LogP contribution in [0.1, 0.15) is 5.56 Å². The third-order valence-electron chi connectivity index (χ3n) is 1.99. The largest absolute Gasteiger partial charge is 0.508 e. The lowest BCUT2D eigenvalue weighted by Crippen LogP contribution is -2.22. The molecule has 0 aromatic heterocycles. The number of benzene rings is 1. The normalized spacial score (nSPS) is 11.6. The maximum absolute atomic E-state index is 10.9. The third kappa shape index (κ3) is 4.96. The quantitative estimate of drug-likeness (QED) is 0.805. The van der Waals surface area contributed by atoms with Gasteiger partial charge in [-0.3, -0.25) is 0 Å². The average Bonchev–Trinajstić information content (AvgIpc) is 2.16. The van der Waals surface area contributed by atoms with Crippen LogP contribution in [-0.2, 0) is 16.4 Å². The molecule has 1 aromatic carbocycles. The lowest BCUT2D eigenvalue weighted by molar-refractivity contribution is 0.474. The summed E-state index contributed by atoms with van der Waals surface area (Å²) in [6, 6.07) is 4.98. The van der Waals surface area contributed by atoms with Gasteiger partial charge in [-0.2, -0.15) is 0 Å². The zero-order chi connectivity index (χ0) is 12.2. The monoisotopic (exact) mass is 307 g/mol. The summed E-state index contributed by atoms with van der Waals surface area (Å²) < 4.78 is 22.6. The van der Waals surface area contributed by atoms with E-state index in [4.69, 9.17) is 0 Å². The lowest BCUT2D eigenvalue weighted by atomic mass is 10.2. The highest BCUT2D eigenvalue weighted by molar-refractivity contribution is 9.10. The van der Waals surface area contributed by atoms with Gasteiger partial charge in [0, 0.05) is 23.8 Å². The van der Waals surface area contributed by atoms with Gasteiger partial charge in [-0.1, -0.05) is 15.9 Å². The SMILES string of the molecule is CS(=O)(=O)CCNCc1cc(O)ccc1Br. The van der Waals surface area contributed by atoms with Crippen molar-refractivity contribution in [1.29, 1.82) is 0 Å². The molecule has 0 spiro atoms. The number of halogens is 1. The Balaban J connectivity index is 2.46. The van der Waals surface area contributed by atoms with Crippen LogP contribution in [0.25, 0.3) is 0 Å². The molecule has 0 amide bonds. The molecule has 0 aliphatic rings. The Kier molecular flexibility index (Phi) is 4.76. The van der Waals surface area contributed by atoms with Crippen molar-refractivity contribution in [2.24, 2.45) is 0 Å². The first kappa shape index (κ1) is 13.5. The second-order valence-electron chi connectivity index (χ2n) is 3.58. The molecular weight excluding hydrogens is 294 g/mol. The van der Waals surface area contributed by atoms with Crippen LogP contribution in [0.15, 0.2) is 22.7 Å². The molecule has 0 aliphatic carbocycles. The Bertz CT molecular complexity index is 459. The molecule has 0 saturated heterocycles. The number of hydrogen-bond acceptors (Lipinski definition) is 4. The van der Waals surface area contributed by atoms with Crippen LogP contribution in [0.5, 0.6) is 5.75 Å². The number of phenols is 1. The van der Waals surface area contributed by atoms with Crippen LogP contribution in [0, 0.1) is 0 Å². The molecule has 4 nitrogen and oxygen atoms in total. The molecule has 0 saturated carbocycles. The van der Waals surface area contributed by atoms with Gasteiger partial charge < -0.3 is 10.4 Å². The minimum absolute atomic E-state index is 0.115. The first-order chi connectivity index (χ1) is 7.38. The Morgan fingerprint density at radius 3 is 2.75 bits per heavy atom. The zero-order valence-electron chi connectivity index (χ0n) is 8.90. The van der Waals surface area contributed by atoms with Crippen molar-refractivity contribution >= 4 is 25.8 Å². The Morgan fingerprint density at radius 2 is 2.12 bits per heavy atom. The summed E-state index contributed by atoms with van der Waals surface area (Å²) in [5, 5.41) is 12.3. The molecule has 90 valence electrons. The predicted molar refractivity (Wildman–Crippen MR) is 67.2 cm³/mol. The molecule has 16 heavy (non-hydrogen) atoms. The van der Waals surface area contributed by atoms with Gasteiger partial charge in [-0.25, -0.2) is 8.42 Å². The molecule has 0 fully saturated rings. The fourth-order valence-corrected chi connectivity index (χ4v) is 2.08. The summed E-state index contributed by atoms with van der Waals surface area (Å²) in [5.41, 5.74) is 0.897. The minimum Gasteiger partial charge on any atom is -0.508 e. The number of aromatic hydroxyl groups is 1. The van der Waals surface area contributed by atoms with E-state index in [-0.39, 0.29) is 11.5 Å². The summed E-state index contributed by atoms with van der Waals surface area (Å²) in [6.45, 7) is 0.922. The number of hydrogen-bond donors (Lipinski definition) is 2. The van der Waals surface area contributed by atoms with Crippen LogP contribution in [0.4, 0.5) is 0 Å². The van der Waals surface area contributed by atoms with Crippen molar-refractivity contribution in [2.45, 2.75) is 6.54 Å². The summed E-state index contributed by atoms with van der Waals surface area (Å²) in [7, 11) is -2.92. The van der Waals surface area contributed by atoms with E-state index in [1.165, 1.54) is 6.26 Å². The van der Waals surface area contributed by atoms with Crippen molar-refractivity contribution in [3.8, 4) is 5.75 Å². The van der Waals surface area contributed by atoms with E-state index in [0.29, 0.717) is 13.1 Å². The molecule has 2 N–H and O–H groups in total. The van der Waals surface area contributed by atoms with Crippen LogP contribution in [-0.4, -0.2) is 32.1 Å². The van der Waals surface area contributed by atoms with E-state index in [9.17, 15) is 13.5 Å². The highest BCUT2D eigenvalue weighted by Gasteiger charge is 2.03. The highest BCUT2D eigenvalue weighted by atomic mass is 79.9. The van der Waals surface area contributed by atoms with Gasteiger partial charge in [0.15, 0.2) is 0 Å². The van der Waals surface area contributed by atoms with Crippen LogP contribution >= 0.6 is 15.9 Å². The van der Waals surface area contributed by atoms with Gasteiger partial charge in [0.2, 0.25) is 0 Å². The van der Waals surface area contributed by atoms with E-state index in [0.717, 1.165) is 10.0 Å². The summed E-state index contributed by atoms with van der Waals surface area (Å²) >= 11 is 3.35. The van der Waals surface area contributed by atoms with Gasteiger partial charge in [-0.05, 0) is 23.8 Å². The molecule has 0 unspecified atom stereocenters. The van der Waals surface area contributed by atoms with Gasteiger partial charge in [-0.15, -0.1) is 0 Å². The van der Waals surface area contributed by atoms with Gasteiger partial charge in [0.25, 0.3) is 0 Å². The predicted octanol–water partition coefficient (Wildman–Crippen LogP) is 1.29.